The summed E-state index contributed by atoms with van der Waals surface area (Å²) in [4.78, 5) is 0. The zero-order valence-corrected chi connectivity index (χ0v) is 11.0. The number of rotatable bonds is 4. The fraction of sp³-hybridized carbons (Fsp3) is 0.538. The molecule has 1 unspecified atom stereocenters. The van der Waals surface area contributed by atoms with Crippen LogP contribution in [-0.2, 0) is 0 Å². The second-order valence-corrected chi connectivity index (χ2v) is 5.26. The van der Waals surface area contributed by atoms with Gasteiger partial charge in [-0.2, -0.15) is 0 Å². The van der Waals surface area contributed by atoms with Crippen molar-refractivity contribution in [1.82, 2.24) is 5.32 Å². The van der Waals surface area contributed by atoms with Crippen LogP contribution >= 0.6 is 23.2 Å². The smallest absolute Gasteiger partial charge is 0.0468 e. The molecule has 1 fully saturated rings. The highest BCUT2D eigenvalue weighted by Crippen LogP contribution is 2.30. The molecule has 1 aliphatic rings. The van der Waals surface area contributed by atoms with Crippen LogP contribution in [0.15, 0.2) is 18.2 Å². The molecule has 1 N–H and O–H groups in total. The zero-order chi connectivity index (χ0) is 11.5. The Hall–Kier alpha value is -0.240. The first-order valence-corrected chi connectivity index (χ1v) is 6.67. The largest absolute Gasteiger partial charge is 0.307 e. The summed E-state index contributed by atoms with van der Waals surface area (Å²) in [6.45, 7) is 2.18. The van der Waals surface area contributed by atoms with Crippen LogP contribution in [0, 0.1) is 0 Å². The maximum atomic E-state index is 6.22. The lowest BCUT2D eigenvalue weighted by atomic mass is 9.91. The lowest BCUT2D eigenvalue weighted by Crippen LogP contribution is -2.37. The van der Waals surface area contributed by atoms with Gasteiger partial charge in [0, 0.05) is 22.1 Å². The summed E-state index contributed by atoms with van der Waals surface area (Å²) in [5.74, 6) is 0. The summed E-state index contributed by atoms with van der Waals surface area (Å²) in [5, 5.41) is 5.12. The maximum absolute atomic E-state index is 6.22. The molecule has 1 saturated carbocycles. The molecule has 0 spiro atoms. The van der Waals surface area contributed by atoms with Crippen molar-refractivity contribution in [3.63, 3.8) is 0 Å². The monoisotopic (exact) mass is 257 g/mol. The standard InChI is InChI=1S/C13H17Cl2N/c1-2-13(16-10-4-3-5-10)11-7-6-9(14)8-12(11)15/h6-8,10,13,16H,2-5H2,1H3. The molecule has 0 bridgehead atoms. The Balaban J connectivity index is 2.11. The first-order chi connectivity index (χ1) is 7.70. The third-order valence-electron chi connectivity index (χ3n) is 3.29. The van der Waals surface area contributed by atoms with E-state index in [2.05, 4.69) is 12.2 Å². The fourth-order valence-corrected chi connectivity index (χ4v) is 2.61. The van der Waals surface area contributed by atoms with Crippen LogP contribution in [-0.4, -0.2) is 6.04 Å². The third kappa shape index (κ3) is 2.71. The second-order valence-electron chi connectivity index (χ2n) is 4.42. The molecule has 1 aromatic rings. The van der Waals surface area contributed by atoms with Crippen molar-refractivity contribution in [1.29, 1.82) is 0 Å². The fourth-order valence-electron chi connectivity index (χ4n) is 2.07. The van der Waals surface area contributed by atoms with Gasteiger partial charge in [-0.15, -0.1) is 0 Å². The number of benzene rings is 1. The molecule has 0 heterocycles. The van der Waals surface area contributed by atoms with E-state index >= 15 is 0 Å². The summed E-state index contributed by atoms with van der Waals surface area (Å²) in [5.41, 5.74) is 1.17. The van der Waals surface area contributed by atoms with Gasteiger partial charge in [-0.1, -0.05) is 42.6 Å². The molecule has 0 aromatic heterocycles. The van der Waals surface area contributed by atoms with Gasteiger partial charge in [-0.25, -0.2) is 0 Å². The van der Waals surface area contributed by atoms with E-state index in [-0.39, 0.29) is 0 Å². The molecule has 0 radical (unpaired) electrons. The highest BCUT2D eigenvalue weighted by atomic mass is 35.5. The van der Waals surface area contributed by atoms with E-state index in [1.165, 1.54) is 24.8 Å². The minimum absolute atomic E-state index is 0.357. The summed E-state index contributed by atoms with van der Waals surface area (Å²) < 4.78 is 0. The van der Waals surface area contributed by atoms with Crippen molar-refractivity contribution in [2.45, 2.75) is 44.7 Å². The average molecular weight is 258 g/mol. The minimum atomic E-state index is 0.357. The van der Waals surface area contributed by atoms with Crippen LogP contribution in [0.2, 0.25) is 10.0 Å². The highest BCUT2D eigenvalue weighted by Gasteiger charge is 2.22. The van der Waals surface area contributed by atoms with Crippen LogP contribution in [0.4, 0.5) is 0 Å². The molecule has 2 rings (SSSR count). The van der Waals surface area contributed by atoms with E-state index in [9.17, 15) is 0 Å². The van der Waals surface area contributed by atoms with Gasteiger partial charge in [-0.3, -0.25) is 0 Å². The molecular formula is C13H17Cl2N. The number of nitrogens with one attached hydrogen (secondary N) is 1. The van der Waals surface area contributed by atoms with E-state index in [1.54, 1.807) is 0 Å². The minimum Gasteiger partial charge on any atom is -0.307 e. The van der Waals surface area contributed by atoms with Crippen molar-refractivity contribution in [3.05, 3.63) is 33.8 Å². The van der Waals surface area contributed by atoms with Crippen molar-refractivity contribution in [2.75, 3.05) is 0 Å². The first-order valence-electron chi connectivity index (χ1n) is 5.91. The predicted octanol–water partition coefficient (Wildman–Crippen LogP) is 4.59. The van der Waals surface area contributed by atoms with Crippen LogP contribution in [0.3, 0.4) is 0 Å². The molecule has 1 aromatic carbocycles. The summed E-state index contributed by atoms with van der Waals surface area (Å²) >= 11 is 12.1. The van der Waals surface area contributed by atoms with Crippen molar-refractivity contribution >= 4 is 23.2 Å². The Morgan fingerprint density at radius 1 is 1.38 bits per heavy atom. The van der Waals surface area contributed by atoms with Crippen molar-refractivity contribution in [3.8, 4) is 0 Å². The van der Waals surface area contributed by atoms with E-state index in [1.807, 2.05) is 18.2 Å². The lowest BCUT2D eigenvalue weighted by molar-refractivity contribution is 0.302. The van der Waals surface area contributed by atoms with Gasteiger partial charge >= 0.3 is 0 Å². The molecular weight excluding hydrogens is 241 g/mol. The Morgan fingerprint density at radius 2 is 2.12 bits per heavy atom. The van der Waals surface area contributed by atoms with E-state index in [0.29, 0.717) is 17.1 Å². The molecule has 1 aliphatic carbocycles. The van der Waals surface area contributed by atoms with Gasteiger partial charge in [0.2, 0.25) is 0 Å². The van der Waals surface area contributed by atoms with Crippen molar-refractivity contribution < 1.29 is 0 Å². The van der Waals surface area contributed by atoms with E-state index in [4.69, 9.17) is 23.2 Å². The van der Waals surface area contributed by atoms with Gasteiger partial charge in [-0.05, 0) is 37.0 Å². The summed E-state index contributed by atoms with van der Waals surface area (Å²) in [6, 6.07) is 6.80. The average Bonchev–Trinajstić information content (AvgIpc) is 2.18. The summed E-state index contributed by atoms with van der Waals surface area (Å²) in [6.07, 6.45) is 4.99. The maximum Gasteiger partial charge on any atom is 0.0468 e. The second kappa shape index (κ2) is 5.39. The van der Waals surface area contributed by atoms with Crippen LogP contribution in [0.1, 0.15) is 44.2 Å². The topological polar surface area (TPSA) is 12.0 Å². The molecule has 1 nitrogen and oxygen atoms in total. The van der Waals surface area contributed by atoms with E-state index < -0.39 is 0 Å². The highest BCUT2D eigenvalue weighted by molar-refractivity contribution is 6.35. The first kappa shape index (κ1) is 12.2. The molecule has 0 aliphatic heterocycles. The predicted molar refractivity (Wildman–Crippen MR) is 70.3 cm³/mol. The van der Waals surface area contributed by atoms with Gasteiger partial charge in [0.25, 0.3) is 0 Å². The molecule has 1 atom stereocenters. The number of halogens is 2. The number of hydrogen-bond donors (Lipinski definition) is 1. The molecule has 0 amide bonds. The van der Waals surface area contributed by atoms with Crippen LogP contribution < -0.4 is 5.32 Å². The zero-order valence-electron chi connectivity index (χ0n) is 9.47. The Bertz CT molecular complexity index is 361. The summed E-state index contributed by atoms with van der Waals surface area (Å²) in [7, 11) is 0. The van der Waals surface area contributed by atoms with Crippen LogP contribution in [0.5, 0.6) is 0 Å². The van der Waals surface area contributed by atoms with Gasteiger partial charge < -0.3 is 5.32 Å². The molecule has 88 valence electrons. The Morgan fingerprint density at radius 3 is 2.62 bits per heavy atom. The van der Waals surface area contributed by atoms with E-state index in [0.717, 1.165) is 11.4 Å². The quantitative estimate of drug-likeness (QED) is 0.833. The van der Waals surface area contributed by atoms with Gasteiger partial charge in [0.15, 0.2) is 0 Å². The molecule has 0 saturated heterocycles. The Kier molecular flexibility index (Phi) is 4.12. The normalized spacial score (nSPS) is 18.2. The van der Waals surface area contributed by atoms with Crippen molar-refractivity contribution in [2.24, 2.45) is 0 Å². The Labute approximate surface area is 107 Å². The van der Waals surface area contributed by atoms with Gasteiger partial charge in [0.05, 0.1) is 0 Å². The van der Waals surface area contributed by atoms with Crippen LogP contribution in [0.25, 0.3) is 0 Å². The molecule has 3 heteroatoms. The lowest BCUT2D eigenvalue weighted by Gasteiger charge is -2.31. The molecule has 16 heavy (non-hydrogen) atoms. The van der Waals surface area contributed by atoms with Gasteiger partial charge in [0.1, 0.15) is 0 Å². The SMILES string of the molecule is CCC(NC1CCC1)c1ccc(Cl)cc1Cl. The third-order valence-corrected chi connectivity index (χ3v) is 3.85. The number of hydrogen-bond acceptors (Lipinski definition) is 1.